The first kappa shape index (κ1) is 17.0. The highest BCUT2D eigenvalue weighted by molar-refractivity contribution is 5.92. The summed E-state index contributed by atoms with van der Waals surface area (Å²) < 4.78 is 0. The van der Waals surface area contributed by atoms with Gasteiger partial charge in [0.15, 0.2) is 0 Å². The maximum atomic E-state index is 12.3. The summed E-state index contributed by atoms with van der Waals surface area (Å²) in [4.78, 5) is 16.6. The van der Waals surface area contributed by atoms with E-state index in [1.807, 2.05) is 48.5 Å². The first-order chi connectivity index (χ1) is 13.3. The lowest BCUT2D eigenvalue weighted by Crippen LogP contribution is -2.14. The van der Waals surface area contributed by atoms with Crippen LogP contribution in [0.2, 0.25) is 0 Å². The topological polar surface area (TPSA) is 70.7 Å². The number of nitrogens with one attached hydrogen (secondary N) is 2. The molecule has 0 radical (unpaired) electrons. The summed E-state index contributed by atoms with van der Waals surface area (Å²) in [5.41, 5.74) is 2.92. The number of aromatic nitrogens is 3. The maximum absolute atomic E-state index is 12.3. The summed E-state index contributed by atoms with van der Waals surface area (Å²) in [6, 6.07) is 22.0. The van der Waals surface area contributed by atoms with Crippen LogP contribution in [0.5, 0.6) is 0 Å². The van der Waals surface area contributed by atoms with E-state index in [-0.39, 0.29) is 5.91 Å². The second-order valence-electron chi connectivity index (χ2n) is 6.50. The van der Waals surface area contributed by atoms with Gasteiger partial charge in [0.2, 0.25) is 5.91 Å². The molecule has 2 heterocycles. The molecule has 0 spiro atoms. The molecule has 0 fully saturated rings. The van der Waals surface area contributed by atoms with Crippen molar-refractivity contribution in [2.24, 2.45) is 0 Å². The van der Waals surface area contributed by atoms with E-state index in [2.05, 4.69) is 38.7 Å². The molecule has 0 aliphatic rings. The first-order valence-electron chi connectivity index (χ1n) is 8.98. The Hall–Kier alpha value is -3.47. The Balaban J connectivity index is 1.34. The Labute approximate surface area is 157 Å². The van der Waals surface area contributed by atoms with Gasteiger partial charge in [0, 0.05) is 18.0 Å². The second-order valence-corrected chi connectivity index (χ2v) is 6.50. The molecule has 0 unspecified atom stereocenters. The van der Waals surface area contributed by atoms with Gasteiger partial charge in [-0.2, -0.15) is 5.10 Å². The standard InChI is InChI=1S/C22H20N4O/c27-22(14-16-8-9-17-5-1-2-6-18(17)13-16)24-21-15-20(25-26-21)11-10-19-7-3-4-12-23-19/h1-9,12-13,15H,10-11,14H2,(H2,24,25,26,27). The SMILES string of the molecule is O=C(Cc1ccc2ccccc2c1)Nc1cc(CCc2ccccn2)n[nH]1. The van der Waals surface area contributed by atoms with E-state index in [9.17, 15) is 4.79 Å². The van der Waals surface area contributed by atoms with E-state index in [1.54, 1.807) is 6.20 Å². The van der Waals surface area contributed by atoms with Gasteiger partial charge in [0.25, 0.3) is 0 Å². The molecular weight excluding hydrogens is 336 g/mol. The van der Waals surface area contributed by atoms with Crippen LogP contribution in [0.15, 0.2) is 72.9 Å². The monoisotopic (exact) mass is 356 g/mol. The van der Waals surface area contributed by atoms with Gasteiger partial charge in [-0.1, -0.05) is 48.5 Å². The van der Waals surface area contributed by atoms with Gasteiger partial charge in [-0.25, -0.2) is 0 Å². The number of benzene rings is 2. The Bertz CT molecular complexity index is 1060. The highest BCUT2D eigenvalue weighted by Gasteiger charge is 2.08. The van der Waals surface area contributed by atoms with Crippen molar-refractivity contribution in [3.8, 4) is 0 Å². The molecule has 5 heteroatoms. The summed E-state index contributed by atoms with van der Waals surface area (Å²) in [7, 11) is 0. The molecule has 2 aromatic heterocycles. The molecule has 0 aliphatic carbocycles. The minimum absolute atomic E-state index is 0.0646. The van der Waals surface area contributed by atoms with Crippen molar-refractivity contribution in [2.45, 2.75) is 19.3 Å². The van der Waals surface area contributed by atoms with Crippen molar-refractivity contribution in [3.63, 3.8) is 0 Å². The Morgan fingerprint density at radius 2 is 1.70 bits per heavy atom. The van der Waals surface area contributed by atoms with Gasteiger partial charge in [0.1, 0.15) is 5.82 Å². The number of rotatable bonds is 6. The zero-order chi connectivity index (χ0) is 18.5. The van der Waals surface area contributed by atoms with Crippen molar-refractivity contribution in [3.05, 3.63) is 89.9 Å². The number of fused-ring (bicyclic) bond motifs is 1. The number of hydrogen-bond acceptors (Lipinski definition) is 3. The number of nitrogens with zero attached hydrogens (tertiary/aromatic N) is 2. The average molecular weight is 356 g/mol. The highest BCUT2D eigenvalue weighted by atomic mass is 16.1. The molecule has 27 heavy (non-hydrogen) atoms. The Morgan fingerprint density at radius 1 is 0.889 bits per heavy atom. The molecule has 2 N–H and O–H groups in total. The summed E-state index contributed by atoms with van der Waals surface area (Å²) in [6.45, 7) is 0. The van der Waals surface area contributed by atoms with Crippen LogP contribution in [-0.4, -0.2) is 21.1 Å². The van der Waals surface area contributed by atoms with Crippen LogP contribution in [0.25, 0.3) is 10.8 Å². The van der Waals surface area contributed by atoms with Crippen molar-refractivity contribution >= 4 is 22.5 Å². The number of aromatic amines is 1. The van der Waals surface area contributed by atoms with Crippen LogP contribution in [0, 0.1) is 0 Å². The molecule has 0 aliphatic heterocycles. The molecule has 1 amide bonds. The number of amides is 1. The normalized spacial score (nSPS) is 10.8. The Morgan fingerprint density at radius 3 is 2.56 bits per heavy atom. The minimum Gasteiger partial charge on any atom is -0.311 e. The number of carbonyl (C=O) groups is 1. The molecule has 0 saturated heterocycles. The summed E-state index contributed by atoms with van der Waals surface area (Å²) in [5.74, 6) is 0.557. The van der Waals surface area contributed by atoms with E-state index in [4.69, 9.17) is 0 Å². The summed E-state index contributed by atoms with van der Waals surface area (Å²) in [6.07, 6.45) is 3.70. The third kappa shape index (κ3) is 4.39. The van der Waals surface area contributed by atoms with Crippen LogP contribution in [-0.2, 0) is 24.1 Å². The third-order valence-electron chi connectivity index (χ3n) is 4.45. The highest BCUT2D eigenvalue weighted by Crippen LogP contribution is 2.16. The van der Waals surface area contributed by atoms with Crippen molar-refractivity contribution in [1.29, 1.82) is 0 Å². The lowest BCUT2D eigenvalue weighted by atomic mass is 10.0. The van der Waals surface area contributed by atoms with Crippen molar-refractivity contribution in [2.75, 3.05) is 5.32 Å². The van der Waals surface area contributed by atoms with Crippen LogP contribution in [0.1, 0.15) is 17.0 Å². The fraction of sp³-hybridized carbons (Fsp3) is 0.136. The number of carbonyl (C=O) groups excluding carboxylic acids is 1. The predicted molar refractivity (Wildman–Crippen MR) is 107 cm³/mol. The first-order valence-corrected chi connectivity index (χ1v) is 8.98. The van der Waals surface area contributed by atoms with Gasteiger partial charge >= 0.3 is 0 Å². The van der Waals surface area contributed by atoms with E-state index in [0.29, 0.717) is 12.2 Å². The van der Waals surface area contributed by atoms with E-state index in [0.717, 1.165) is 35.2 Å². The smallest absolute Gasteiger partial charge is 0.229 e. The quantitative estimate of drug-likeness (QED) is 0.550. The zero-order valence-electron chi connectivity index (χ0n) is 14.9. The predicted octanol–water partition coefficient (Wildman–Crippen LogP) is 3.92. The number of anilines is 1. The molecule has 4 aromatic rings. The van der Waals surface area contributed by atoms with Gasteiger partial charge in [-0.3, -0.25) is 14.9 Å². The van der Waals surface area contributed by atoms with Crippen molar-refractivity contribution < 1.29 is 4.79 Å². The van der Waals surface area contributed by atoms with E-state index >= 15 is 0 Å². The molecule has 0 atom stereocenters. The van der Waals surface area contributed by atoms with Crippen LogP contribution in [0.4, 0.5) is 5.82 Å². The molecule has 2 aromatic carbocycles. The Kier molecular flexibility index (Phi) is 4.92. The molecule has 5 nitrogen and oxygen atoms in total. The van der Waals surface area contributed by atoms with Gasteiger partial charge < -0.3 is 5.32 Å². The number of hydrogen-bond donors (Lipinski definition) is 2. The maximum Gasteiger partial charge on any atom is 0.229 e. The van der Waals surface area contributed by atoms with Crippen LogP contribution in [0.3, 0.4) is 0 Å². The zero-order valence-corrected chi connectivity index (χ0v) is 14.9. The lowest BCUT2D eigenvalue weighted by Gasteiger charge is -2.04. The van der Waals surface area contributed by atoms with Crippen molar-refractivity contribution in [1.82, 2.24) is 15.2 Å². The number of H-pyrrole nitrogens is 1. The van der Waals surface area contributed by atoms with Crippen LogP contribution < -0.4 is 5.32 Å². The van der Waals surface area contributed by atoms with Gasteiger partial charge in [0.05, 0.1) is 12.1 Å². The number of aryl methyl sites for hydroxylation is 2. The molecule has 4 rings (SSSR count). The summed E-state index contributed by atoms with van der Waals surface area (Å²) >= 11 is 0. The fourth-order valence-corrected chi connectivity index (χ4v) is 3.09. The molecule has 0 bridgehead atoms. The molecule has 0 saturated carbocycles. The summed E-state index contributed by atoms with van der Waals surface area (Å²) in [5, 5.41) is 12.3. The van der Waals surface area contributed by atoms with Gasteiger partial charge in [-0.15, -0.1) is 0 Å². The lowest BCUT2D eigenvalue weighted by molar-refractivity contribution is -0.115. The van der Waals surface area contributed by atoms with E-state index < -0.39 is 0 Å². The minimum atomic E-state index is -0.0646. The second kappa shape index (κ2) is 7.83. The van der Waals surface area contributed by atoms with Crippen LogP contribution >= 0.6 is 0 Å². The average Bonchev–Trinajstić information content (AvgIpc) is 3.14. The van der Waals surface area contributed by atoms with Gasteiger partial charge in [-0.05, 0) is 41.3 Å². The fourth-order valence-electron chi connectivity index (χ4n) is 3.09. The third-order valence-corrected chi connectivity index (χ3v) is 4.45. The van der Waals surface area contributed by atoms with E-state index in [1.165, 1.54) is 5.39 Å². The molecule has 134 valence electrons. The largest absolute Gasteiger partial charge is 0.311 e. The molecular formula is C22H20N4O. The number of pyridine rings is 1.